The SMILES string of the molecule is CCCN=C1NC2C(C(=O)NC(=O)N2C)N1CCc1ccccc1. The molecule has 2 unspecified atom stereocenters. The third-order valence-corrected chi connectivity index (χ3v) is 4.39. The number of hydrogen-bond donors (Lipinski definition) is 2. The van der Waals surface area contributed by atoms with Crippen LogP contribution in [0.2, 0.25) is 0 Å². The van der Waals surface area contributed by atoms with Gasteiger partial charge in [0.15, 0.2) is 12.0 Å². The van der Waals surface area contributed by atoms with Crippen molar-refractivity contribution in [3.8, 4) is 0 Å². The number of nitrogens with one attached hydrogen (secondary N) is 2. The van der Waals surface area contributed by atoms with Crippen molar-refractivity contribution in [1.29, 1.82) is 0 Å². The third kappa shape index (κ3) is 3.06. The van der Waals surface area contributed by atoms with E-state index >= 15 is 0 Å². The lowest BCUT2D eigenvalue weighted by Crippen LogP contribution is -2.64. The van der Waals surface area contributed by atoms with E-state index in [1.54, 1.807) is 7.05 Å². The summed E-state index contributed by atoms with van der Waals surface area (Å²) in [4.78, 5) is 32.3. The van der Waals surface area contributed by atoms with Crippen LogP contribution >= 0.6 is 0 Å². The van der Waals surface area contributed by atoms with Crippen molar-refractivity contribution >= 4 is 17.9 Å². The molecule has 2 saturated heterocycles. The Balaban J connectivity index is 1.82. The fourth-order valence-electron chi connectivity index (χ4n) is 3.08. The van der Waals surface area contributed by atoms with Gasteiger partial charge in [-0.2, -0.15) is 0 Å². The number of fused-ring (bicyclic) bond motifs is 1. The second-order valence-electron chi connectivity index (χ2n) is 6.07. The summed E-state index contributed by atoms with van der Waals surface area (Å²) in [5.41, 5.74) is 1.21. The second kappa shape index (κ2) is 6.90. The quantitative estimate of drug-likeness (QED) is 0.837. The Morgan fingerprint density at radius 1 is 1.21 bits per heavy atom. The number of imide groups is 1. The van der Waals surface area contributed by atoms with Crippen molar-refractivity contribution in [3.63, 3.8) is 0 Å². The molecule has 0 aromatic heterocycles. The normalized spacial score (nSPS) is 24.8. The van der Waals surface area contributed by atoms with Crippen LogP contribution in [0.4, 0.5) is 4.79 Å². The predicted molar refractivity (Wildman–Crippen MR) is 91.5 cm³/mol. The van der Waals surface area contributed by atoms with E-state index in [9.17, 15) is 9.59 Å². The lowest BCUT2D eigenvalue weighted by Gasteiger charge is -2.35. The summed E-state index contributed by atoms with van der Waals surface area (Å²) < 4.78 is 0. The molecular formula is C17H23N5O2. The van der Waals surface area contributed by atoms with Gasteiger partial charge in [-0.05, 0) is 18.4 Å². The summed E-state index contributed by atoms with van der Waals surface area (Å²) in [5, 5.41) is 5.66. The zero-order valence-corrected chi connectivity index (χ0v) is 14.0. The summed E-state index contributed by atoms with van der Waals surface area (Å²) in [6.45, 7) is 3.40. The topological polar surface area (TPSA) is 77.0 Å². The van der Waals surface area contributed by atoms with Crippen molar-refractivity contribution in [2.75, 3.05) is 20.1 Å². The molecule has 2 atom stereocenters. The van der Waals surface area contributed by atoms with Gasteiger partial charge in [0.25, 0.3) is 5.91 Å². The minimum Gasteiger partial charge on any atom is -0.334 e. The van der Waals surface area contributed by atoms with E-state index in [2.05, 4.69) is 34.7 Å². The van der Waals surface area contributed by atoms with Gasteiger partial charge < -0.3 is 15.1 Å². The van der Waals surface area contributed by atoms with Gasteiger partial charge in [-0.25, -0.2) is 4.79 Å². The number of rotatable bonds is 5. The Labute approximate surface area is 141 Å². The molecule has 24 heavy (non-hydrogen) atoms. The highest BCUT2D eigenvalue weighted by Crippen LogP contribution is 2.21. The highest BCUT2D eigenvalue weighted by molar-refractivity contribution is 6.04. The molecule has 0 aliphatic carbocycles. The van der Waals surface area contributed by atoms with E-state index < -0.39 is 6.04 Å². The number of likely N-dealkylation sites (N-methyl/N-ethyl adjacent to an activating group) is 1. The van der Waals surface area contributed by atoms with Crippen LogP contribution in [0.1, 0.15) is 18.9 Å². The average Bonchev–Trinajstić information content (AvgIpc) is 2.96. The van der Waals surface area contributed by atoms with Gasteiger partial charge in [0.2, 0.25) is 0 Å². The molecule has 3 rings (SSSR count). The lowest BCUT2D eigenvalue weighted by atomic mass is 10.1. The minimum absolute atomic E-state index is 0.273. The van der Waals surface area contributed by atoms with Crippen LogP contribution in [0.3, 0.4) is 0 Å². The minimum atomic E-state index is -0.452. The summed E-state index contributed by atoms with van der Waals surface area (Å²) >= 11 is 0. The molecular weight excluding hydrogens is 306 g/mol. The van der Waals surface area contributed by atoms with Crippen LogP contribution in [0.25, 0.3) is 0 Å². The molecule has 1 aromatic carbocycles. The summed E-state index contributed by atoms with van der Waals surface area (Å²) in [6, 6.07) is 9.31. The van der Waals surface area contributed by atoms with E-state index in [0.717, 1.165) is 12.8 Å². The van der Waals surface area contributed by atoms with Gasteiger partial charge in [0.1, 0.15) is 6.17 Å². The molecule has 1 aromatic rings. The predicted octanol–water partition coefficient (Wildman–Crippen LogP) is 0.777. The number of hydrogen-bond acceptors (Lipinski definition) is 3. The van der Waals surface area contributed by atoms with E-state index in [-0.39, 0.29) is 18.1 Å². The first-order valence-corrected chi connectivity index (χ1v) is 8.31. The number of guanidine groups is 1. The Bertz CT molecular complexity index is 646. The second-order valence-corrected chi connectivity index (χ2v) is 6.07. The fourth-order valence-corrected chi connectivity index (χ4v) is 3.08. The van der Waals surface area contributed by atoms with Gasteiger partial charge in [-0.3, -0.25) is 15.1 Å². The van der Waals surface area contributed by atoms with Crippen molar-refractivity contribution in [2.45, 2.75) is 32.0 Å². The van der Waals surface area contributed by atoms with Crippen molar-refractivity contribution in [1.82, 2.24) is 20.4 Å². The summed E-state index contributed by atoms with van der Waals surface area (Å²) in [5.74, 6) is 0.421. The number of carbonyl (C=O) groups excluding carboxylic acids is 2. The molecule has 2 heterocycles. The Hall–Kier alpha value is -2.57. The zero-order chi connectivity index (χ0) is 17.1. The summed E-state index contributed by atoms with van der Waals surface area (Å²) in [7, 11) is 1.69. The van der Waals surface area contributed by atoms with Crippen molar-refractivity contribution in [2.24, 2.45) is 4.99 Å². The Morgan fingerprint density at radius 2 is 1.96 bits per heavy atom. The van der Waals surface area contributed by atoms with Crippen LogP contribution in [0, 0.1) is 0 Å². The summed E-state index contributed by atoms with van der Waals surface area (Å²) in [6.07, 6.45) is 1.35. The number of amides is 3. The number of urea groups is 1. The lowest BCUT2D eigenvalue weighted by molar-refractivity contribution is -0.127. The van der Waals surface area contributed by atoms with Crippen LogP contribution in [-0.2, 0) is 11.2 Å². The van der Waals surface area contributed by atoms with Gasteiger partial charge >= 0.3 is 6.03 Å². The molecule has 3 amide bonds. The van der Waals surface area contributed by atoms with Crippen molar-refractivity contribution in [3.05, 3.63) is 35.9 Å². The highest BCUT2D eigenvalue weighted by atomic mass is 16.2. The van der Waals surface area contributed by atoms with Gasteiger partial charge in [0, 0.05) is 20.1 Å². The molecule has 2 aliphatic rings. The van der Waals surface area contributed by atoms with E-state index in [4.69, 9.17) is 0 Å². The van der Waals surface area contributed by atoms with E-state index in [1.165, 1.54) is 10.5 Å². The van der Waals surface area contributed by atoms with Gasteiger partial charge in [-0.1, -0.05) is 37.3 Å². The average molecular weight is 329 g/mol. The molecule has 0 bridgehead atoms. The molecule has 2 N–H and O–H groups in total. The molecule has 2 fully saturated rings. The first-order valence-electron chi connectivity index (χ1n) is 8.31. The van der Waals surface area contributed by atoms with Crippen LogP contribution in [0.15, 0.2) is 35.3 Å². The standard InChI is InChI=1S/C17H23N5O2/c1-3-10-18-16-19-14-13(15(23)20-17(24)21(14)2)22(16)11-9-12-7-5-4-6-8-12/h4-8,13-14H,3,9-11H2,1-2H3,(H,18,19)(H,20,23,24). The molecule has 2 aliphatic heterocycles. The maximum Gasteiger partial charge on any atom is 0.325 e. The smallest absolute Gasteiger partial charge is 0.325 e. The van der Waals surface area contributed by atoms with E-state index in [1.807, 2.05) is 23.1 Å². The van der Waals surface area contributed by atoms with Gasteiger partial charge in [-0.15, -0.1) is 0 Å². The molecule has 0 radical (unpaired) electrons. The van der Waals surface area contributed by atoms with Crippen molar-refractivity contribution < 1.29 is 9.59 Å². The zero-order valence-electron chi connectivity index (χ0n) is 14.0. The first kappa shape index (κ1) is 16.3. The number of nitrogens with zero attached hydrogens (tertiary/aromatic N) is 3. The van der Waals surface area contributed by atoms with Crippen LogP contribution in [-0.4, -0.2) is 60.0 Å². The number of benzene rings is 1. The molecule has 7 nitrogen and oxygen atoms in total. The van der Waals surface area contributed by atoms with Gasteiger partial charge in [0.05, 0.1) is 0 Å². The first-order chi connectivity index (χ1) is 11.6. The molecule has 0 spiro atoms. The maximum absolute atomic E-state index is 12.4. The fraction of sp³-hybridized carbons (Fsp3) is 0.471. The maximum atomic E-state index is 12.4. The molecule has 7 heteroatoms. The molecule has 0 saturated carbocycles. The monoisotopic (exact) mass is 329 g/mol. The van der Waals surface area contributed by atoms with E-state index in [0.29, 0.717) is 19.0 Å². The molecule has 128 valence electrons. The highest BCUT2D eigenvalue weighted by Gasteiger charge is 2.49. The Morgan fingerprint density at radius 3 is 2.67 bits per heavy atom. The van der Waals surface area contributed by atoms with Crippen LogP contribution < -0.4 is 10.6 Å². The van der Waals surface area contributed by atoms with Crippen LogP contribution in [0.5, 0.6) is 0 Å². The third-order valence-electron chi connectivity index (χ3n) is 4.39. The largest absolute Gasteiger partial charge is 0.334 e. The number of carbonyl (C=O) groups is 2. The number of aliphatic imine (C=N–C) groups is 1. The Kier molecular flexibility index (Phi) is 4.69.